The van der Waals surface area contributed by atoms with Crippen LogP contribution in [0.4, 0.5) is 9.52 Å². The smallest absolute Gasteiger partial charge is 0.251 e. The van der Waals surface area contributed by atoms with Crippen molar-refractivity contribution in [2.75, 3.05) is 18.5 Å². The Labute approximate surface area is 166 Å². The van der Waals surface area contributed by atoms with Crippen LogP contribution in [0, 0.1) is 11.0 Å². The molecule has 0 unspecified atom stereocenters. The van der Waals surface area contributed by atoms with Crippen molar-refractivity contribution in [3.8, 4) is 0 Å². The number of ether oxygens (including phenoxy) is 1. The van der Waals surface area contributed by atoms with Crippen molar-refractivity contribution in [1.29, 1.82) is 0 Å². The fraction of sp³-hybridized carbons (Fsp3) is 0.588. The van der Waals surface area contributed by atoms with E-state index in [1.54, 1.807) is 0 Å². The van der Waals surface area contributed by atoms with Crippen LogP contribution in [0.3, 0.4) is 0 Å². The maximum absolute atomic E-state index is 13.2. The van der Waals surface area contributed by atoms with Crippen LogP contribution in [0.2, 0.25) is 0 Å². The molecular formula is C17H21FN4O4S2. The van der Waals surface area contributed by atoms with E-state index in [1.807, 2.05) is 0 Å². The molecule has 1 saturated carbocycles. The summed E-state index contributed by atoms with van der Waals surface area (Å²) in [5.41, 5.74) is 0. The van der Waals surface area contributed by atoms with E-state index in [0.717, 1.165) is 30.4 Å². The molecule has 1 saturated heterocycles. The van der Waals surface area contributed by atoms with Gasteiger partial charge in [-0.2, -0.15) is 9.49 Å². The quantitative estimate of drug-likeness (QED) is 0.726. The Hall–Kier alpha value is -1.85. The molecule has 1 aliphatic carbocycles. The Morgan fingerprint density at radius 1 is 1.32 bits per heavy atom. The minimum atomic E-state index is -3.39. The summed E-state index contributed by atoms with van der Waals surface area (Å²) in [6.45, 7) is 1.27. The Bertz CT molecular complexity index is 948. The summed E-state index contributed by atoms with van der Waals surface area (Å²) in [5.74, 6) is -0.135. The molecule has 1 atom stereocenters. The Kier molecular flexibility index (Phi) is 5.48. The number of hydrogen-bond donors (Lipinski definition) is 1. The summed E-state index contributed by atoms with van der Waals surface area (Å²) >= 11 is 0.741. The molecule has 152 valence electrons. The third kappa shape index (κ3) is 4.26. The minimum Gasteiger partial charge on any atom is -0.381 e. The number of carbonyl (C=O) groups excluding carboxylic acids is 1. The van der Waals surface area contributed by atoms with Gasteiger partial charge in [0.2, 0.25) is 0 Å². The zero-order chi connectivity index (χ0) is 19.7. The molecule has 1 aliphatic heterocycles. The lowest BCUT2D eigenvalue weighted by Gasteiger charge is -2.26. The summed E-state index contributed by atoms with van der Waals surface area (Å²) in [4.78, 5) is 16.9. The average Bonchev–Trinajstić information content (AvgIpc) is 3.30. The second-order valence-corrected chi connectivity index (χ2v) is 10.4. The number of carbonyl (C=O) groups is 1. The van der Waals surface area contributed by atoms with Crippen molar-refractivity contribution >= 4 is 32.2 Å². The summed E-state index contributed by atoms with van der Waals surface area (Å²) in [5, 5.41) is 6.13. The van der Waals surface area contributed by atoms with Crippen molar-refractivity contribution in [2.45, 2.75) is 48.3 Å². The fourth-order valence-electron chi connectivity index (χ4n) is 3.34. The Balaban J connectivity index is 1.56. The molecule has 8 nitrogen and oxygen atoms in total. The molecule has 4 rings (SSSR count). The van der Waals surface area contributed by atoms with Gasteiger partial charge in [0.1, 0.15) is 10.9 Å². The van der Waals surface area contributed by atoms with Crippen LogP contribution in [0.25, 0.3) is 0 Å². The number of amides is 1. The number of thiazole rings is 1. The molecule has 0 spiro atoms. The third-order valence-electron chi connectivity index (χ3n) is 5.10. The monoisotopic (exact) mass is 428 g/mol. The molecule has 1 amide bonds. The number of anilines is 1. The van der Waals surface area contributed by atoms with Crippen molar-refractivity contribution in [1.82, 2.24) is 14.8 Å². The lowest BCUT2D eigenvalue weighted by molar-refractivity contribution is -0.120. The number of halogens is 1. The molecule has 1 N–H and O–H groups in total. The topological polar surface area (TPSA) is 103 Å². The van der Waals surface area contributed by atoms with Crippen LogP contribution in [0.5, 0.6) is 0 Å². The number of rotatable bonds is 7. The zero-order valence-corrected chi connectivity index (χ0v) is 16.7. The first kappa shape index (κ1) is 19.5. The maximum Gasteiger partial charge on any atom is 0.251 e. The minimum absolute atomic E-state index is 0.139. The van der Waals surface area contributed by atoms with Gasteiger partial charge in [-0.3, -0.25) is 9.48 Å². The number of nitrogens with one attached hydrogen (secondary N) is 1. The van der Waals surface area contributed by atoms with E-state index in [2.05, 4.69) is 15.4 Å². The van der Waals surface area contributed by atoms with Gasteiger partial charge in [-0.25, -0.2) is 13.4 Å². The van der Waals surface area contributed by atoms with Crippen molar-refractivity contribution in [3.05, 3.63) is 23.7 Å². The molecule has 0 bridgehead atoms. The van der Waals surface area contributed by atoms with Crippen LogP contribution in [-0.2, 0) is 19.4 Å². The summed E-state index contributed by atoms with van der Waals surface area (Å²) in [7, 11) is -3.39. The normalized spacial score (nSPS) is 19.5. The lowest BCUT2D eigenvalue weighted by atomic mass is 9.92. The Morgan fingerprint density at radius 3 is 2.71 bits per heavy atom. The van der Waals surface area contributed by atoms with Gasteiger partial charge in [0, 0.05) is 19.4 Å². The van der Waals surface area contributed by atoms with Crippen molar-refractivity contribution in [2.24, 2.45) is 5.92 Å². The first-order valence-corrected chi connectivity index (χ1v) is 11.6. The standard InChI is InChI=1S/C17H21FN4O4S2/c18-15-9-19-17(27-15)21-16(23)14(7-11-3-5-26-6-4-11)22-10-13(8-20-22)28(24,25)12-1-2-12/h8-12,14H,1-7H2,(H,19,21,23)/t14-/m1/s1. The van der Waals surface area contributed by atoms with Gasteiger partial charge >= 0.3 is 0 Å². The van der Waals surface area contributed by atoms with Gasteiger partial charge in [-0.1, -0.05) is 11.3 Å². The zero-order valence-electron chi connectivity index (χ0n) is 15.1. The van der Waals surface area contributed by atoms with Gasteiger partial charge < -0.3 is 10.1 Å². The van der Waals surface area contributed by atoms with E-state index in [0.29, 0.717) is 32.5 Å². The SMILES string of the molecule is O=C(Nc1ncc(F)s1)[C@@H](CC1CCOCC1)n1cc(S(=O)(=O)C2CC2)cn1. The van der Waals surface area contributed by atoms with Crippen LogP contribution in [0.1, 0.15) is 38.1 Å². The third-order valence-corrected chi connectivity index (χ3v) is 8.01. The molecule has 2 aliphatic rings. The van der Waals surface area contributed by atoms with Crippen molar-refractivity contribution < 1.29 is 22.3 Å². The fourth-order valence-corrected chi connectivity index (χ4v) is 5.48. The number of hydrogen-bond acceptors (Lipinski definition) is 7. The van der Waals surface area contributed by atoms with Crippen LogP contribution in [-0.4, -0.2) is 47.6 Å². The predicted octanol–water partition coefficient (Wildman–Crippen LogP) is 2.41. The highest BCUT2D eigenvalue weighted by atomic mass is 32.2. The molecule has 11 heteroatoms. The number of aromatic nitrogens is 3. The van der Waals surface area contributed by atoms with Crippen LogP contribution < -0.4 is 5.32 Å². The highest BCUT2D eigenvalue weighted by molar-refractivity contribution is 7.92. The molecule has 3 heterocycles. The highest BCUT2D eigenvalue weighted by Crippen LogP contribution is 2.34. The molecule has 0 radical (unpaired) electrons. The van der Waals surface area contributed by atoms with Gasteiger partial charge in [0.25, 0.3) is 5.91 Å². The maximum atomic E-state index is 13.2. The number of sulfone groups is 1. The first-order valence-electron chi connectivity index (χ1n) is 9.21. The van der Waals surface area contributed by atoms with Crippen LogP contribution in [0.15, 0.2) is 23.5 Å². The lowest BCUT2D eigenvalue weighted by Crippen LogP contribution is -2.30. The molecular weight excluding hydrogens is 407 g/mol. The second kappa shape index (κ2) is 7.88. The summed E-state index contributed by atoms with van der Waals surface area (Å²) in [6, 6.07) is -0.710. The Morgan fingerprint density at radius 2 is 2.07 bits per heavy atom. The summed E-state index contributed by atoms with van der Waals surface area (Å²) < 4.78 is 44.9. The largest absolute Gasteiger partial charge is 0.381 e. The second-order valence-electron chi connectivity index (χ2n) is 7.17. The molecule has 0 aromatic carbocycles. The van der Waals surface area contributed by atoms with E-state index >= 15 is 0 Å². The van der Waals surface area contributed by atoms with Crippen LogP contribution >= 0.6 is 11.3 Å². The first-order chi connectivity index (χ1) is 13.4. The van der Waals surface area contributed by atoms with E-state index in [4.69, 9.17) is 4.74 Å². The predicted molar refractivity (Wildman–Crippen MR) is 100 cm³/mol. The van der Waals surface area contributed by atoms with E-state index in [-0.39, 0.29) is 27.1 Å². The van der Waals surface area contributed by atoms with Gasteiger partial charge in [-0.15, -0.1) is 0 Å². The molecule has 2 aromatic heterocycles. The van der Waals surface area contributed by atoms with Gasteiger partial charge in [0.05, 0.1) is 17.6 Å². The highest BCUT2D eigenvalue weighted by Gasteiger charge is 2.38. The average molecular weight is 429 g/mol. The van der Waals surface area contributed by atoms with Gasteiger partial charge in [-0.05, 0) is 38.0 Å². The molecule has 28 heavy (non-hydrogen) atoms. The van der Waals surface area contributed by atoms with E-state index in [9.17, 15) is 17.6 Å². The summed E-state index contributed by atoms with van der Waals surface area (Å²) in [6.07, 6.45) is 7.24. The molecule has 2 aromatic rings. The van der Waals surface area contributed by atoms with Crippen molar-refractivity contribution in [3.63, 3.8) is 0 Å². The van der Waals surface area contributed by atoms with E-state index in [1.165, 1.54) is 17.1 Å². The number of nitrogens with zero attached hydrogens (tertiary/aromatic N) is 3. The van der Waals surface area contributed by atoms with Gasteiger partial charge in [0.15, 0.2) is 20.1 Å². The van der Waals surface area contributed by atoms with E-state index < -0.39 is 21.0 Å². The molecule has 2 fully saturated rings.